The van der Waals surface area contributed by atoms with Crippen molar-refractivity contribution >= 4 is 31.5 Å². The minimum atomic E-state index is -4.16. The van der Waals surface area contributed by atoms with Gasteiger partial charge in [-0.05, 0) is 48.9 Å². The number of hydrogen-bond acceptors (Lipinski definition) is 7. The van der Waals surface area contributed by atoms with Gasteiger partial charge in [-0.15, -0.1) is 0 Å². The molecule has 0 saturated carbocycles. The van der Waals surface area contributed by atoms with Gasteiger partial charge in [0.25, 0.3) is 10.0 Å². The van der Waals surface area contributed by atoms with Crippen molar-refractivity contribution in [3.8, 4) is 11.5 Å². The summed E-state index contributed by atoms with van der Waals surface area (Å²) in [6, 6.07) is 18.0. The Kier molecular flexibility index (Phi) is 8.26. The van der Waals surface area contributed by atoms with Crippen LogP contribution in [0.5, 0.6) is 11.5 Å². The number of anilines is 1. The molecule has 192 valence electrons. The maximum atomic E-state index is 13.6. The number of nitrogens with one attached hydrogen (secondary N) is 1. The third-order valence-electron chi connectivity index (χ3n) is 5.46. The van der Waals surface area contributed by atoms with E-state index < -0.39 is 38.4 Å². The molecule has 0 heterocycles. The molecule has 1 N–H and O–H groups in total. The summed E-state index contributed by atoms with van der Waals surface area (Å²) in [6.45, 7) is 1.18. The molecule has 36 heavy (non-hydrogen) atoms. The molecular weight excluding hydrogens is 504 g/mol. The van der Waals surface area contributed by atoms with E-state index in [0.29, 0.717) is 11.3 Å². The lowest BCUT2D eigenvalue weighted by Gasteiger charge is -2.26. The van der Waals surface area contributed by atoms with Crippen molar-refractivity contribution in [3.63, 3.8) is 0 Å². The zero-order valence-corrected chi connectivity index (χ0v) is 22.0. The van der Waals surface area contributed by atoms with Crippen molar-refractivity contribution in [2.24, 2.45) is 0 Å². The molecule has 0 saturated heterocycles. The third-order valence-corrected chi connectivity index (χ3v) is 8.36. The predicted octanol–water partition coefficient (Wildman–Crippen LogP) is 3.18. The average molecular weight is 533 g/mol. The summed E-state index contributed by atoms with van der Waals surface area (Å²) < 4.78 is 62.3. The van der Waals surface area contributed by atoms with E-state index in [-0.39, 0.29) is 21.2 Å². The minimum absolute atomic E-state index is 0.00656. The fourth-order valence-electron chi connectivity index (χ4n) is 3.52. The van der Waals surface area contributed by atoms with Gasteiger partial charge in [-0.25, -0.2) is 16.8 Å². The first-order chi connectivity index (χ1) is 17.0. The summed E-state index contributed by atoms with van der Waals surface area (Å²) in [6.07, 6.45) is 1.11. The molecule has 0 aliphatic rings. The molecule has 1 unspecified atom stereocenters. The number of benzene rings is 3. The van der Waals surface area contributed by atoms with Crippen LogP contribution in [0.4, 0.5) is 5.69 Å². The van der Waals surface area contributed by atoms with Crippen molar-refractivity contribution in [2.45, 2.75) is 22.8 Å². The smallest absolute Gasteiger partial charge is 0.264 e. The SMILES string of the molecule is COc1ccc(OC)c(N(CC(=O)NC(C)c2ccc(S(C)(=O)=O)cc2)S(=O)(=O)c2ccccc2)c1. The lowest BCUT2D eigenvalue weighted by atomic mass is 10.1. The highest BCUT2D eigenvalue weighted by Gasteiger charge is 2.30. The fraction of sp³-hybridized carbons (Fsp3) is 0.240. The summed E-state index contributed by atoms with van der Waals surface area (Å²) >= 11 is 0. The molecule has 3 aromatic carbocycles. The Morgan fingerprint density at radius 3 is 2.08 bits per heavy atom. The van der Waals surface area contributed by atoms with Crippen LogP contribution < -0.4 is 19.1 Å². The fourth-order valence-corrected chi connectivity index (χ4v) is 5.59. The quantitative estimate of drug-likeness (QED) is 0.426. The summed E-state index contributed by atoms with van der Waals surface area (Å²) in [4.78, 5) is 13.3. The molecule has 0 aliphatic heterocycles. The van der Waals surface area contributed by atoms with Gasteiger partial charge >= 0.3 is 0 Å². The number of rotatable bonds is 10. The van der Waals surface area contributed by atoms with Crippen molar-refractivity contribution < 1.29 is 31.1 Å². The van der Waals surface area contributed by atoms with Crippen molar-refractivity contribution in [1.82, 2.24) is 5.32 Å². The van der Waals surface area contributed by atoms with E-state index >= 15 is 0 Å². The summed E-state index contributed by atoms with van der Waals surface area (Å²) in [5.74, 6) is 0.0605. The lowest BCUT2D eigenvalue weighted by Crippen LogP contribution is -2.41. The number of carbonyl (C=O) groups is 1. The molecule has 0 bridgehead atoms. The van der Waals surface area contributed by atoms with E-state index in [2.05, 4.69) is 5.32 Å². The highest BCUT2D eigenvalue weighted by molar-refractivity contribution is 7.93. The van der Waals surface area contributed by atoms with Gasteiger partial charge in [0.05, 0.1) is 35.7 Å². The van der Waals surface area contributed by atoms with E-state index in [1.807, 2.05) is 0 Å². The Bertz CT molecular complexity index is 1420. The van der Waals surface area contributed by atoms with E-state index in [9.17, 15) is 21.6 Å². The summed E-state index contributed by atoms with van der Waals surface area (Å²) in [5.41, 5.74) is 0.799. The van der Waals surface area contributed by atoms with Crippen LogP contribution in [0.3, 0.4) is 0 Å². The van der Waals surface area contributed by atoms with Crippen LogP contribution in [0.25, 0.3) is 0 Å². The van der Waals surface area contributed by atoms with E-state index in [1.165, 1.54) is 44.6 Å². The number of carbonyl (C=O) groups excluding carboxylic acids is 1. The van der Waals surface area contributed by atoms with Gasteiger partial charge in [-0.3, -0.25) is 9.10 Å². The van der Waals surface area contributed by atoms with Crippen LogP contribution in [-0.2, 0) is 24.7 Å². The monoisotopic (exact) mass is 532 g/mol. The number of ether oxygens (including phenoxy) is 2. The molecule has 9 nitrogen and oxygen atoms in total. The average Bonchev–Trinajstić information content (AvgIpc) is 2.86. The second kappa shape index (κ2) is 11.0. The molecule has 1 atom stereocenters. The maximum absolute atomic E-state index is 13.6. The van der Waals surface area contributed by atoms with Gasteiger partial charge in [0.1, 0.15) is 18.0 Å². The highest BCUT2D eigenvalue weighted by atomic mass is 32.2. The van der Waals surface area contributed by atoms with E-state index in [4.69, 9.17) is 9.47 Å². The van der Waals surface area contributed by atoms with Crippen molar-refractivity contribution in [3.05, 3.63) is 78.4 Å². The standard InChI is InChI=1S/C25H28N2O7S2/c1-18(19-10-13-21(14-11-19)35(4,29)30)26-25(28)17-27(36(31,32)22-8-6-5-7-9-22)23-16-20(33-2)12-15-24(23)34-3/h5-16,18H,17H2,1-4H3,(H,26,28). The van der Waals surface area contributed by atoms with Crippen LogP contribution in [0, 0.1) is 0 Å². The Morgan fingerprint density at radius 1 is 0.889 bits per heavy atom. The topological polar surface area (TPSA) is 119 Å². The normalized spacial score (nSPS) is 12.4. The molecule has 1 amide bonds. The van der Waals surface area contributed by atoms with Crippen molar-refractivity contribution in [1.29, 1.82) is 0 Å². The number of sulfonamides is 1. The van der Waals surface area contributed by atoms with Gasteiger partial charge < -0.3 is 14.8 Å². The number of nitrogens with zero attached hydrogens (tertiary/aromatic N) is 1. The zero-order valence-electron chi connectivity index (χ0n) is 20.3. The first-order valence-corrected chi connectivity index (χ1v) is 14.2. The number of sulfone groups is 1. The molecule has 0 spiro atoms. The van der Waals surface area contributed by atoms with E-state index in [0.717, 1.165) is 10.6 Å². The van der Waals surface area contributed by atoms with Gasteiger partial charge in [0, 0.05) is 12.3 Å². The molecule has 3 aromatic rings. The van der Waals surface area contributed by atoms with Crippen LogP contribution in [0.1, 0.15) is 18.5 Å². The van der Waals surface area contributed by atoms with Gasteiger partial charge in [-0.2, -0.15) is 0 Å². The third kappa shape index (κ3) is 6.16. The van der Waals surface area contributed by atoms with Gasteiger partial charge in [0.15, 0.2) is 9.84 Å². The maximum Gasteiger partial charge on any atom is 0.264 e. The molecule has 11 heteroatoms. The van der Waals surface area contributed by atoms with Crippen LogP contribution in [0.15, 0.2) is 82.6 Å². The Hall–Kier alpha value is -3.57. The van der Waals surface area contributed by atoms with Gasteiger partial charge in [0.2, 0.25) is 5.91 Å². The minimum Gasteiger partial charge on any atom is -0.497 e. The Balaban J connectivity index is 1.94. The first-order valence-electron chi connectivity index (χ1n) is 10.9. The molecule has 0 radical (unpaired) electrons. The Labute approximate surface area is 211 Å². The Morgan fingerprint density at radius 2 is 1.53 bits per heavy atom. The number of hydrogen-bond donors (Lipinski definition) is 1. The van der Waals surface area contributed by atoms with Crippen molar-refractivity contribution in [2.75, 3.05) is 31.3 Å². The van der Waals surface area contributed by atoms with E-state index in [1.54, 1.807) is 49.4 Å². The second-order valence-corrected chi connectivity index (χ2v) is 11.9. The highest BCUT2D eigenvalue weighted by Crippen LogP contribution is 2.35. The molecular formula is C25H28N2O7S2. The molecule has 0 aliphatic carbocycles. The number of amides is 1. The predicted molar refractivity (Wildman–Crippen MR) is 137 cm³/mol. The van der Waals surface area contributed by atoms with Crippen LogP contribution >= 0.6 is 0 Å². The first kappa shape index (κ1) is 27.0. The molecule has 0 fully saturated rings. The lowest BCUT2D eigenvalue weighted by molar-refractivity contribution is -0.120. The van der Waals surface area contributed by atoms with Crippen LogP contribution in [-0.4, -0.2) is 49.8 Å². The van der Waals surface area contributed by atoms with Crippen LogP contribution in [0.2, 0.25) is 0 Å². The number of methoxy groups -OCH3 is 2. The second-order valence-electron chi connectivity index (χ2n) is 7.99. The van der Waals surface area contributed by atoms with Gasteiger partial charge in [-0.1, -0.05) is 30.3 Å². The molecule has 0 aromatic heterocycles. The largest absolute Gasteiger partial charge is 0.497 e. The summed E-state index contributed by atoms with van der Waals surface area (Å²) in [7, 11) is -4.66. The zero-order chi connectivity index (χ0) is 26.5. The summed E-state index contributed by atoms with van der Waals surface area (Å²) in [5, 5.41) is 2.78. The molecule has 3 rings (SSSR count).